The van der Waals surface area contributed by atoms with Gasteiger partial charge in [0.05, 0.1) is 0 Å². The first-order chi connectivity index (χ1) is 4.23. The van der Waals surface area contributed by atoms with Crippen molar-refractivity contribution in [2.45, 2.75) is 6.42 Å². The van der Waals surface area contributed by atoms with Gasteiger partial charge in [-0.15, -0.1) is 24.8 Å². The maximum atomic E-state index is 2.12. The molecule has 11 heavy (non-hydrogen) atoms. The van der Waals surface area contributed by atoms with E-state index in [2.05, 4.69) is 24.3 Å². The van der Waals surface area contributed by atoms with Crippen molar-refractivity contribution in [1.82, 2.24) is 4.90 Å². The molecule has 1 aliphatic rings. The SMILES string of the molecule is C1=CCC=C1.CN(C)C.Cl.Cl. The van der Waals surface area contributed by atoms with Gasteiger partial charge in [0, 0.05) is 0 Å². The van der Waals surface area contributed by atoms with Crippen molar-refractivity contribution in [1.29, 1.82) is 0 Å². The lowest BCUT2D eigenvalue weighted by atomic mass is 10.5. The highest BCUT2D eigenvalue weighted by Crippen LogP contribution is 1.93. The van der Waals surface area contributed by atoms with Gasteiger partial charge >= 0.3 is 0 Å². The third-order valence-corrected chi connectivity index (χ3v) is 0.655. The molecule has 0 aromatic heterocycles. The minimum absolute atomic E-state index is 0. The van der Waals surface area contributed by atoms with Gasteiger partial charge in [0.15, 0.2) is 0 Å². The molecule has 1 nitrogen and oxygen atoms in total. The molecule has 0 spiro atoms. The average molecular weight is 198 g/mol. The fourth-order valence-corrected chi connectivity index (χ4v) is 0.393. The van der Waals surface area contributed by atoms with Gasteiger partial charge in [0.2, 0.25) is 0 Å². The van der Waals surface area contributed by atoms with Crippen molar-refractivity contribution in [3.8, 4) is 0 Å². The molecule has 3 heteroatoms. The second-order valence-corrected chi connectivity index (χ2v) is 2.43. The smallest absolute Gasteiger partial charge is 0.0140 e. The minimum Gasteiger partial charge on any atom is -0.312 e. The Morgan fingerprint density at radius 2 is 1.18 bits per heavy atom. The van der Waals surface area contributed by atoms with Crippen LogP contribution in [0.3, 0.4) is 0 Å². The Labute approximate surface area is 82.0 Å². The Morgan fingerprint density at radius 1 is 0.909 bits per heavy atom. The van der Waals surface area contributed by atoms with E-state index in [1.54, 1.807) is 0 Å². The third-order valence-electron chi connectivity index (χ3n) is 0.655. The molecule has 0 heterocycles. The lowest BCUT2D eigenvalue weighted by molar-refractivity contribution is 0.505. The van der Waals surface area contributed by atoms with Crippen LogP contribution >= 0.6 is 24.8 Å². The summed E-state index contributed by atoms with van der Waals surface area (Å²) in [6.07, 6.45) is 9.50. The summed E-state index contributed by atoms with van der Waals surface area (Å²) in [6.45, 7) is 0. The summed E-state index contributed by atoms with van der Waals surface area (Å²) in [7, 11) is 6.00. The van der Waals surface area contributed by atoms with Crippen molar-refractivity contribution >= 4 is 24.8 Å². The Hall–Kier alpha value is 0.0200. The average Bonchev–Trinajstić information content (AvgIpc) is 2.11. The van der Waals surface area contributed by atoms with Crippen LogP contribution in [0, 0.1) is 0 Å². The molecule has 0 aromatic carbocycles. The van der Waals surface area contributed by atoms with E-state index in [1.807, 2.05) is 26.0 Å². The van der Waals surface area contributed by atoms with Crippen molar-refractivity contribution in [2.24, 2.45) is 0 Å². The number of hydrogen-bond acceptors (Lipinski definition) is 1. The maximum absolute atomic E-state index is 2.12. The van der Waals surface area contributed by atoms with Crippen molar-refractivity contribution < 1.29 is 0 Å². The molecule has 0 amide bonds. The summed E-state index contributed by atoms with van der Waals surface area (Å²) in [5, 5.41) is 0. The second kappa shape index (κ2) is 12.7. The Bertz CT molecular complexity index is 95.9. The minimum atomic E-state index is 0. The largest absolute Gasteiger partial charge is 0.312 e. The van der Waals surface area contributed by atoms with Gasteiger partial charge in [-0.1, -0.05) is 24.3 Å². The Morgan fingerprint density at radius 3 is 1.27 bits per heavy atom. The van der Waals surface area contributed by atoms with E-state index < -0.39 is 0 Å². The molecular weight excluding hydrogens is 181 g/mol. The normalized spacial score (nSPS) is 11.3. The zero-order valence-corrected chi connectivity index (χ0v) is 8.91. The van der Waals surface area contributed by atoms with Gasteiger partial charge in [-0.25, -0.2) is 0 Å². The number of rotatable bonds is 0. The van der Waals surface area contributed by atoms with Gasteiger partial charge in [-0.3, -0.25) is 0 Å². The molecule has 0 radical (unpaired) electrons. The molecule has 0 saturated carbocycles. The highest BCUT2D eigenvalue weighted by atomic mass is 35.5. The summed E-state index contributed by atoms with van der Waals surface area (Å²) < 4.78 is 0. The van der Waals surface area contributed by atoms with Gasteiger partial charge in [-0.05, 0) is 27.6 Å². The van der Waals surface area contributed by atoms with Crippen LogP contribution in [0.25, 0.3) is 0 Å². The van der Waals surface area contributed by atoms with E-state index in [4.69, 9.17) is 0 Å². The van der Waals surface area contributed by atoms with Crippen LogP contribution in [0.2, 0.25) is 0 Å². The molecule has 0 atom stereocenters. The zero-order chi connectivity index (χ0) is 7.11. The number of halogens is 2. The fourth-order valence-electron chi connectivity index (χ4n) is 0.393. The summed E-state index contributed by atoms with van der Waals surface area (Å²) in [4.78, 5) is 2.00. The van der Waals surface area contributed by atoms with Gasteiger partial charge < -0.3 is 4.90 Å². The second-order valence-electron chi connectivity index (χ2n) is 2.43. The van der Waals surface area contributed by atoms with Crippen LogP contribution < -0.4 is 0 Å². The van der Waals surface area contributed by atoms with E-state index in [9.17, 15) is 0 Å². The number of hydrogen-bond donors (Lipinski definition) is 0. The lowest BCUT2D eigenvalue weighted by Crippen LogP contribution is -1.99. The predicted molar refractivity (Wildman–Crippen MR) is 57.0 cm³/mol. The summed E-state index contributed by atoms with van der Waals surface area (Å²) >= 11 is 0. The van der Waals surface area contributed by atoms with E-state index in [1.165, 1.54) is 0 Å². The monoisotopic (exact) mass is 197 g/mol. The Kier molecular flexibility index (Phi) is 19.8. The summed E-state index contributed by atoms with van der Waals surface area (Å²) in [6, 6.07) is 0. The van der Waals surface area contributed by atoms with Gasteiger partial charge in [0.25, 0.3) is 0 Å². The van der Waals surface area contributed by atoms with Crippen LogP contribution in [0.4, 0.5) is 0 Å². The number of nitrogens with zero attached hydrogens (tertiary/aromatic N) is 1. The molecule has 0 aromatic rings. The van der Waals surface area contributed by atoms with Crippen molar-refractivity contribution in [3.05, 3.63) is 24.3 Å². The van der Waals surface area contributed by atoms with Crippen LogP contribution in [0.5, 0.6) is 0 Å². The molecule has 0 N–H and O–H groups in total. The molecule has 0 fully saturated rings. The quantitative estimate of drug-likeness (QED) is 0.578. The first-order valence-electron chi connectivity index (χ1n) is 3.16. The molecule has 1 rings (SSSR count). The molecule has 0 bridgehead atoms. The zero-order valence-electron chi connectivity index (χ0n) is 7.28. The first kappa shape index (κ1) is 17.2. The predicted octanol–water partition coefficient (Wildman–Crippen LogP) is 2.52. The molecule has 1 aliphatic carbocycles. The third kappa shape index (κ3) is 25.6. The number of allylic oxidation sites excluding steroid dienone is 4. The van der Waals surface area contributed by atoms with Gasteiger partial charge in [-0.2, -0.15) is 0 Å². The van der Waals surface area contributed by atoms with E-state index in [-0.39, 0.29) is 24.8 Å². The standard InChI is InChI=1S/C5H6.C3H9N.2ClH/c1-2-4-5-3-1;1-4(2)3;;/h1-4H,5H2;1-3H3;2*1H. The van der Waals surface area contributed by atoms with Crippen LogP contribution in [0.15, 0.2) is 24.3 Å². The van der Waals surface area contributed by atoms with E-state index in [0.717, 1.165) is 6.42 Å². The van der Waals surface area contributed by atoms with Crippen LogP contribution in [-0.4, -0.2) is 26.0 Å². The molecule has 68 valence electrons. The van der Waals surface area contributed by atoms with E-state index >= 15 is 0 Å². The highest BCUT2D eigenvalue weighted by molar-refractivity contribution is 5.85. The summed E-state index contributed by atoms with van der Waals surface area (Å²) in [5.74, 6) is 0. The fraction of sp³-hybridized carbons (Fsp3) is 0.500. The van der Waals surface area contributed by atoms with Crippen LogP contribution in [0.1, 0.15) is 6.42 Å². The molecule has 0 unspecified atom stereocenters. The van der Waals surface area contributed by atoms with Gasteiger partial charge in [0.1, 0.15) is 0 Å². The Balaban J connectivity index is -0.000000101. The highest BCUT2D eigenvalue weighted by Gasteiger charge is 1.72. The molecular formula is C8H17Cl2N. The lowest BCUT2D eigenvalue weighted by Gasteiger charge is -1.90. The van der Waals surface area contributed by atoms with Crippen molar-refractivity contribution in [2.75, 3.05) is 21.1 Å². The van der Waals surface area contributed by atoms with E-state index in [0.29, 0.717) is 0 Å². The first-order valence-corrected chi connectivity index (χ1v) is 3.16. The summed E-state index contributed by atoms with van der Waals surface area (Å²) in [5.41, 5.74) is 0. The van der Waals surface area contributed by atoms with Crippen LogP contribution in [-0.2, 0) is 0 Å². The topological polar surface area (TPSA) is 3.24 Å². The maximum Gasteiger partial charge on any atom is -0.0140 e. The molecule has 0 saturated heterocycles. The molecule has 0 aliphatic heterocycles. The van der Waals surface area contributed by atoms with Crippen molar-refractivity contribution in [3.63, 3.8) is 0 Å².